The van der Waals surface area contributed by atoms with Crippen molar-refractivity contribution in [3.05, 3.63) is 29.3 Å². The van der Waals surface area contributed by atoms with Gasteiger partial charge < -0.3 is 5.11 Å². The monoisotopic (exact) mass is 311 g/mol. The topological polar surface area (TPSA) is 74.7 Å². The fourth-order valence-electron chi connectivity index (χ4n) is 2.84. The van der Waals surface area contributed by atoms with Gasteiger partial charge >= 0.3 is 5.97 Å². The van der Waals surface area contributed by atoms with E-state index >= 15 is 0 Å². The predicted octanol–water partition coefficient (Wildman–Crippen LogP) is 2.18. The Morgan fingerprint density at radius 1 is 1.33 bits per heavy atom. The zero-order valence-corrected chi connectivity index (χ0v) is 13.4. The Morgan fingerprint density at radius 3 is 2.57 bits per heavy atom. The molecule has 2 atom stereocenters. The lowest BCUT2D eigenvalue weighted by Gasteiger charge is -2.35. The van der Waals surface area contributed by atoms with Crippen LogP contribution in [0.25, 0.3) is 0 Å². The smallest absolute Gasteiger partial charge is 0.306 e. The van der Waals surface area contributed by atoms with E-state index < -0.39 is 21.9 Å². The number of hydrogen-bond acceptors (Lipinski definition) is 3. The van der Waals surface area contributed by atoms with Crippen LogP contribution < -0.4 is 0 Å². The highest BCUT2D eigenvalue weighted by Crippen LogP contribution is 2.30. The molecular weight excluding hydrogens is 290 g/mol. The molecule has 21 heavy (non-hydrogen) atoms. The summed E-state index contributed by atoms with van der Waals surface area (Å²) in [5.41, 5.74) is 1.61. The van der Waals surface area contributed by atoms with Crippen LogP contribution in [-0.4, -0.2) is 36.4 Å². The standard InChI is InChI=1S/C15H21NO4S/c1-10-4-5-11(2)14(8-10)21(19,20)16-7-6-13(15(17)18)9-12(16)3/h4-5,8,12-13H,6-7,9H2,1-3H3,(H,17,18). The van der Waals surface area contributed by atoms with Gasteiger partial charge in [-0.15, -0.1) is 0 Å². The van der Waals surface area contributed by atoms with Crippen molar-refractivity contribution in [1.29, 1.82) is 0 Å². The van der Waals surface area contributed by atoms with Crippen molar-refractivity contribution >= 4 is 16.0 Å². The zero-order valence-electron chi connectivity index (χ0n) is 12.5. The average Bonchev–Trinajstić information content (AvgIpc) is 2.40. The van der Waals surface area contributed by atoms with Gasteiger partial charge in [0.2, 0.25) is 10.0 Å². The molecule has 1 fully saturated rings. The van der Waals surface area contributed by atoms with Gasteiger partial charge in [0.05, 0.1) is 10.8 Å². The van der Waals surface area contributed by atoms with Crippen molar-refractivity contribution < 1.29 is 18.3 Å². The number of carboxylic acid groups (broad SMARTS) is 1. The number of carbonyl (C=O) groups is 1. The van der Waals surface area contributed by atoms with Crippen LogP contribution in [0.15, 0.2) is 23.1 Å². The molecular formula is C15H21NO4S. The highest BCUT2D eigenvalue weighted by molar-refractivity contribution is 7.89. The minimum Gasteiger partial charge on any atom is -0.481 e. The van der Waals surface area contributed by atoms with Gasteiger partial charge in [-0.1, -0.05) is 12.1 Å². The predicted molar refractivity (Wildman–Crippen MR) is 79.6 cm³/mol. The van der Waals surface area contributed by atoms with Crippen molar-refractivity contribution in [3.63, 3.8) is 0 Å². The van der Waals surface area contributed by atoms with E-state index in [1.54, 1.807) is 26.0 Å². The summed E-state index contributed by atoms with van der Waals surface area (Å²) in [7, 11) is -3.57. The molecule has 6 heteroatoms. The second-order valence-electron chi connectivity index (χ2n) is 5.79. The zero-order chi connectivity index (χ0) is 15.8. The Hall–Kier alpha value is -1.40. The van der Waals surface area contributed by atoms with Crippen LogP contribution in [-0.2, 0) is 14.8 Å². The Labute approximate surface area is 125 Å². The molecule has 1 N–H and O–H groups in total. The van der Waals surface area contributed by atoms with Crippen LogP contribution in [0, 0.1) is 19.8 Å². The molecule has 1 saturated heterocycles. The number of aliphatic carboxylic acids is 1. The summed E-state index contributed by atoms with van der Waals surface area (Å²) in [4.78, 5) is 11.4. The van der Waals surface area contributed by atoms with E-state index in [-0.39, 0.29) is 12.6 Å². The first kappa shape index (κ1) is 16.0. The number of nitrogens with zero attached hydrogens (tertiary/aromatic N) is 1. The second kappa shape index (κ2) is 5.77. The molecule has 1 aromatic carbocycles. The van der Waals surface area contributed by atoms with E-state index in [1.807, 2.05) is 13.0 Å². The van der Waals surface area contributed by atoms with Gasteiger partial charge in [-0.05, 0) is 50.8 Å². The molecule has 0 aliphatic carbocycles. The maximum Gasteiger partial charge on any atom is 0.306 e. The van der Waals surface area contributed by atoms with E-state index in [4.69, 9.17) is 5.11 Å². The molecule has 0 aromatic heterocycles. The number of benzene rings is 1. The van der Waals surface area contributed by atoms with Crippen molar-refractivity contribution in [3.8, 4) is 0 Å². The van der Waals surface area contributed by atoms with Crippen molar-refractivity contribution in [1.82, 2.24) is 4.31 Å². The maximum atomic E-state index is 12.8. The van der Waals surface area contributed by atoms with Crippen LogP contribution in [0.4, 0.5) is 0 Å². The fourth-order valence-corrected chi connectivity index (χ4v) is 4.81. The summed E-state index contributed by atoms with van der Waals surface area (Å²) in [5, 5.41) is 9.07. The summed E-state index contributed by atoms with van der Waals surface area (Å²) < 4.78 is 27.1. The van der Waals surface area contributed by atoms with E-state index in [0.717, 1.165) is 5.56 Å². The van der Waals surface area contributed by atoms with Crippen LogP contribution in [0.3, 0.4) is 0 Å². The first-order valence-electron chi connectivity index (χ1n) is 7.05. The number of rotatable bonds is 3. The molecule has 116 valence electrons. The van der Waals surface area contributed by atoms with Crippen LogP contribution in [0.2, 0.25) is 0 Å². The normalized spacial score (nSPS) is 24.0. The van der Waals surface area contributed by atoms with E-state index in [9.17, 15) is 13.2 Å². The third-order valence-electron chi connectivity index (χ3n) is 4.09. The summed E-state index contributed by atoms with van der Waals surface area (Å²) in [6.45, 7) is 5.67. The molecule has 5 nitrogen and oxygen atoms in total. The average molecular weight is 311 g/mol. The minimum atomic E-state index is -3.57. The molecule has 0 amide bonds. The Balaban J connectivity index is 2.32. The van der Waals surface area contributed by atoms with Crippen molar-refractivity contribution in [2.45, 2.75) is 44.6 Å². The number of piperidine rings is 1. The number of carboxylic acids is 1. The molecule has 1 aromatic rings. The van der Waals surface area contributed by atoms with Crippen LogP contribution in [0.5, 0.6) is 0 Å². The Kier molecular flexibility index (Phi) is 4.39. The lowest BCUT2D eigenvalue weighted by atomic mass is 9.93. The Morgan fingerprint density at radius 2 is 2.00 bits per heavy atom. The van der Waals surface area contributed by atoms with Gasteiger partial charge in [0, 0.05) is 12.6 Å². The first-order chi connectivity index (χ1) is 9.73. The lowest BCUT2D eigenvalue weighted by Crippen LogP contribution is -2.46. The summed E-state index contributed by atoms with van der Waals surface area (Å²) in [6.07, 6.45) is 0.725. The number of hydrogen-bond donors (Lipinski definition) is 1. The minimum absolute atomic E-state index is 0.258. The Bertz CT molecular complexity index is 654. The summed E-state index contributed by atoms with van der Waals surface area (Å²) in [5.74, 6) is -1.30. The molecule has 1 aliphatic heterocycles. The summed E-state index contributed by atoms with van der Waals surface area (Å²) >= 11 is 0. The van der Waals surface area contributed by atoms with Gasteiger partial charge in [0.15, 0.2) is 0 Å². The highest BCUT2D eigenvalue weighted by Gasteiger charge is 2.37. The lowest BCUT2D eigenvalue weighted by molar-refractivity contribution is -0.143. The molecule has 0 radical (unpaired) electrons. The van der Waals surface area contributed by atoms with Gasteiger partial charge in [-0.25, -0.2) is 8.42 Å². The maximum absolute atomic E-state index is 12.8. The molecule has 0 spiro atoms. The van der Waals surface area contributed by atoms with Gasteiger partial charge in [-0.2, -0.15) is 4.31 Å². The largest absolute Gasteiger partial charge is 0.481 e. The second-order valence-corrected chi connectivity index (χ2v) is 7.65. The molecule has 2 unspecified atom stereocenters. The van der Waals surface area contributed by atoms with Gasteiger partial charge in [0.1, 0.15) is 0 Å². The molecule has 1 aliphatic rings. The molecule has 0 saturated carbocycles. The fraction of sp³-hybridized carbons (Fsp3) is 0.533. The molecule has 1 heterocycles. The SMILES string of the molecule is Cc1ccc(C)c(S(=O)(=O)N2CCC(C(=O)O)CC2C)c1. The van der Waals surface area contributed by atoms with E-state index in [0.29, 0.717) is 23.3 Å². The van der Waals surface area contributed by atoms with E-state index in [1.165, 1.54) is 4.31 Å². The van der Waals surface area contributed by atoms with Gasteiger partial charge in [0.25, 0.3) is 0 Å². The van der Waals surface area contributed by atoms with Gasteiger partial charge in [-0.3, -0.25) is 4.79 Å². The third kappa shape index (κ3) is 3.11. The molecule has 0 bridgehead atoms. The van der Waals surface area contributed by atoms with E-state index in [2.05, 4.69) is 0 Å². The first-order valence-corrected chi connectivity index (χ1v) is 8.49. The number of sulfonamides is 1. The third-order valence-corrected chi connectivity index (χ3v) is 6.25. The number of aryl methyl sites for hydroxylation is 2. The molecule has 2 rings (SSSR count). The van der Waals surface area contributed by atoms with Crippen molar-refractivity contribution in [2.75, 3.05) is 6.54 Å². The summed E-state index contributed by atoms with van der Waals surface area (Å²) in [6, 6.07) is 5.07. The van der Waals surface area contributed by atoms with Crippen LogP contribution in [0.1, 0.15) is 30.9 Å². The van der Waals surface area contributed by atoms with Crippen molar-refractivity contribution in [2.24, 2.45) is 5.92 Å². The highest BCUT2D eigenvalue weighted by atomic mass is 32.2. The quantitative estimate of drug-likeness (QED) is 0.928. The van der Waals surface area contributed by atoms with Crippen LogP contribution >= 0.6 is 0 Å².